The molecule has 1 aliphatic carbocycles. The van der Waals surface area contributed by atoms with Gasteiger partial charge in [-0.3, -0.25) is 0 Å². The van der Waals surface area contributed by atoms with Crippen LogP contribution in [0.4, 0.5) is 4.79 Å². The van der Waals surface area contributed by atoms with E-state index in [4.69, 9.17) is 9.47 Å². The molecule has 1 aromatic carbocycles. The van der Waals surface area contributed by atoms with Crippen LogP contribution in [0.2, 0.25) is 0 Å². The molecule has 30 heavy (non-hydrogen) atoms. The average Bonchev–Trinajstić information content (AvgIpc) is 2.72. The van der Waals surface area contributed by atoms with Gasteiger partial charge in [0.25, 0.3) is 0 Å². The van der Waals surface area contributed by atoms with Gasteiger partial charge in [-0.15, -0.1) is 0 Å². The van der Waals surface area contributed by atoms with Crippen molar-refractivity contribution in [1.82, 2.24) is 9.62 Å². The molecule has 1 amide bonds. The van der Waals surface area contributed by atoms with Crippen LogP contribution < -0.4 is 9.46 Å². The maximum Gasteiger partial charge on any atom is 0.407 e. The molecule has 2 N–H and O–H groups in total. The van der Waals surface area contributed by atoms with Crippen molar-refractivity contribution in [2.45, 2.75) is 62.6 Å². The van der Waals surface area contributed by atoms with Gasteiger partial charge in [-0.2, -0.15) is 0 Å². The van der Waals surface area contributed by atoms with Crippen molar-refractivity contribution in [2.75, 3.05) is 26.5 Å². The van der Waals surface area contributed by atoms with Crippen LogP contribution in [-0.2, 0) is 14.8 Å². The molecule has 1 saturated carbocycles. The lowest BCUT2D eigenvalue weighted by Crippen LogP contribution is -2.58. The van der Waals surface area contributed by atoms with Crippen molar-refractivity contribution in [3.8, 4) is 5.75 Å². The first-order valence-electron chi connectivity index (χ1n) is 10.5. The molecule has 0 unspecified atom stereocenters. The van der Waals surface area contributed by atoms with Gasteiger partial charge in [0.2, 0.25) is 10.0 Å². The summed E-state index contributed by atoms with van der Waals surface area (Å²) < 4.78 is 37.6. The Balaban J connectivity index is 1.58. The molecule has 1 aromatic rings. The Morgan fingerprint density at radius 3 is 2.53 bits per heavy atom. The smallest absolute Gasteiger partial charge is 0.407 e. The Hall–Kier alpha value is -1.84. The topological polar surface area (TPSA) is 105 Å². The number of carboxylic acid groups (broad SMARTS) is 1. The summed E-state index contributed by atoms with van der Waals surface area (Å²) in [6.07, 6.45) is 5.05. The van der Waals surface area contributed by atoms with Crippen LogP contribution in [0.3, 0.4) is 0 Å². The first-order chi connectivity index (χ1) is 14.3. The fourth-order valence-corrected chi connectivity index (χ4v) is 5.52. The first-order valence-corrected chi connectivity index (χ1v) is 12.4. The van der Waals surface area contributed by atoms with Crippen LogP contribution in [0.25, 0.3) is 0 Å². The molecule has 2 aliphatic rings. The minimum absolute atomic E-state index is 0.0485. The Morgan fingerprint density at radius 2 is 1.90 bits per heavy atom. The number of benzene rings is 1. The Kier molecular flexibility index (Phi) is 7.60. The summed E-state index contributed by atoms with van der Waals surface area (Å²) in [6, 6.07) is 7.11. The maximum atomic E-state index is 11.7. The van der Waals surface area contributed by atoms with Gasteiger partial charge in [0, 0.05) is 12.6 Å². The summed E-state index contributed by atoms with van der Waals surface area (Å²) in [5, 5.41) is 9.55. The number of nitrogens with one attached hydrogen (secondary N) is 1. The van der Waals surface area contributed by atoms with E-state index in [0.29, 0.717) is 25.3 Å². The van der Waals surface area contributed by atoms with E-state index in [1.807, 2.05) is 18.2 Å². The molecule has 3 rings (SSSR count). The molecule has 0 aromatic heterocycles. The van der Waals surface area contributed by atoms with Gasteiger partial charge in [0.15, 0.2) is 0 Å². The van der Waals surface area contributed by atoms with Crippen LogP contribution in [0.5, 0.6) is 5.75 Å². The molecule has 8 nitrogen and oxygen atoms in total. The zero-order valence-electron chi connectivity index (χ0n) is 17.6. The fourth-order valence-electron chi connectivity index (χ4n) is 4.69. The SMILES string of the molecule is COc1ccccc1C1CCC(OC[C@H]2[C@@H](NS(C)(=O)=O)CCCN2C(=O)O)CC1. The quantitative estimate of drug-likeness (QED) is 0.676. The lowest BCUT2D eigenvalue weighted by molar-refractivity contribution is -0.0227. The minimum atomic E-state index is -3.43. The molecule has 0 spiro atoms. The van der Waals surface area contributed by atoms with E-state index in [9.17, 15) is 18.3 Å². The number of amides is 1. The molecule has 2 fully saturated rings. The highest BCUT2D eigenvalue weighted by atomic mass is 32.2. The van der Waals surface area contributed by atoms with Crippen LogP contribution in [0.1, 0.15) is 50.0 Å². The second-order valence-electron chi connectivity index (χ2n) is 8.23. The van der Waals surface area contributed by atoms with Crippen LogP contribution in [0, 0.1) is 0 Å². The molecule has 1 heterocycles. The summed E-state index contributed by atoms with van der Waals surface area (Å²) in [6.45, 7) is 0.593. The first kappa shape index (κ1) is 22.8. The molecule has 2 atom stereocenters. The van der Waals surface area contributed by atoms with E-state index < -0.39 is 28.2 Å². The monoisotopic (exact) mass is 440 g/mol. The zero-order valence-corrected chi connectivity index (χ0v) is 18.4. The Morgan fingerprint density at radius 1 is 1.20 bits per heavy atom. The van der Waals surface area contributed by atoms with Gasteiger partial charge in [0.1, 0.15) is 5.75 Å². The molecule has 1 saturated heterocycles. The van der Waals surface area contributed by atoms with E-state index in [0.717, 1.165) is 37.7 Å². The number of para-hydroxylation sites is 1. The highest BCUT2D eigenvalue weighted by Gasteiger charge is 2.37. The highest BCUT2D eigenvalue weighted by molar-refractivity contribution is 7.88. The number of methoxy groups -OCH3 is 1. The third kappa shape index (κ3) is 5.86. The largest absolute Gasteiger partial charge is 0.496 e. The summed E-state index contributed by atoms with van der Waals surface area (Å²) in [5.74, 6) is 1.33. The maximum absolute atomic E-state index is 11.7. The van der Waals surface area contributed by atoms with Gasteiger partial charge in [-0.1, -0.05) is 18.2 Å². The van der Waals surface area contributed by atoms with Gasteiger partial charge in [-0.25, -0.2) is 17.9 Å². The van der Waals surface area contributed by atoms with Gasteiger partial charge < -0.3 is 19.5 Å². The molecule has 168 valence electrons. The molecular weight excluding hydrogens is 408 g/mol. The van der Waals surface area contributed by atoms with Crippen molar-refractivity contribution >= 4 is 16.1 Å². The second kappa shape index (κ2) is 9.98. The third-order valence-electron chi connectivity index (χ3n) is 6.15. The van der Waals surface area contributed by atoms with Crippen LogP contribution in [-0.4, -0.2) is 69.2 Å². The molecule has 0 radical (unpaired) electrons. The zero-order chi connectivity index (χ0) is 21.7. The summed E-state index contributed by atoms with van der Waals surface area (Å²) in [4.78, 5) is 13.0. The van der Waals surface area contributed by atoms with Gasteiger partial charge in [0.05, 0.1) is 32.1 Å². The highest BCUT2D eigenvalue weighted by Crippen LogP contribution is 2.38. The minimum Gasteiger partial charge on any atom is -0.496 e. The van der Waals surface area contributed by atoms with Crippen molar-refractivity contribution < 1.29 is 27.8 Å². The number of hydrogen-bond acceptors (Lipinski definition) is 5. The van der Waals surface area contributed by atoms with Crippen molar-refractivity contribution in [2.24, 2.45) is 0 Å². The molecule has 1 aliphatic heterocycles. The normalized spacial score (nSPS) is 27.6. The summed E-state index contributed by atoms with van der Waals surface area (Å²) in [5.41, 5.74) is 1.22. The van der Waals surface area contributed by atoms with E-state index in [1.165, 1.54) is 10.5 Å². The summed E-state index contributed by atoms with van der Waals surface area (Å²) >= 11 is 0. The number of likely N-dealkylation sites (tertiary alicyclic amines) is 1. The number of carbonyl (C=O) groups is 1. The van der Waals surface area contributed by atoms with Crippen LogP contribution in [0.15, 0.2) is 24.3 Å². The lowest BCUT2D eigenvalue weighted by Gasteiger charge is -2.40. The number of nitrogens with zero attached hydrogens (tertiary/aromatic N) is 1. The van der Waals surface area contributed by atoms with Crippen molar-refractivity contribution in [1.29, 1.82) is 0 Å². The van der Waals surface area contributed by atoms with Crippen molar-refractivity contribution in [3.05, 3.63) is 29.8 Å². The Labute approximate surface area is 178 Å². The van der Waals surface area contributed by atoms with Gasteiger partial charge >= 0.3 is 6.09 Å². The number of piperidine rings is 1. The Bertz CT molecular complexity index is 823. The van der Waals surface area contributed by atoms with Crippen LogP contribution >= 0.6 is 0 Å². The molecule has 0 bridgehead atoms. The third-order valence-corrected chi connectivity index (χ3v) is 6.88. The standard InChI is InChI=1S/C21H32N2O6S/c1-28-20-8-4-3-6-17(20)15-9-11-16(12-10-15)29-14-19-18(22-30(2,26)27)7-5-13-23(19)21(24)25/h3-4,6,8,15-16,18-19,22H,5,7,9-14H2,1-2H3,(H,24,25)/t15?,16?,18-,19-/m0/s1. The predicted molar refractivity (Wildman–Crippen MR) is 113 cm³/mol. The van der Waals surface area contributed by atoms with E-state index in [-0.39, 0.29) is 12.7 Å². The predicted octanol–water partition coefficient (Wildman–Crippen LogP) is 2.80. The van der Waals surface area contributed by atoms with E-state index >= 15 is 0 Å². The van der Waals surface area contributed by atoms with E-state index in [1.54, 1.807) is 7.11 Å². The number of ether oxygens (including phenoxy) is 2. The molecular formula is C21H32N2O6S. The second-order valence-corrected chi connectivity index (χ2v) is 10.0. The fraction of sp³-hybridized carbons (Fsp3) is 0.667. The lowest BCUT2D eigenvalue weighted by atomic mass is 9.82. The molecule has 9 heteroatoms. The number of sulfonamides is 1. The average molecular weight is 441 g/mol. The van der Waals surface area contributed by atoms with Gasteiger partial charge in [-0.05, 0) is 56.1 Å². The van der Waals surface area contributed by atoms with Crippen molar-refractivity contribution in [3.63, 3.8) is 0 Å². The number of rotatable bonds is 7. The van der Waals surface area contributed by atoms with E-state index in [2.05, 4.69) is 10.8 Å². The number of hydrogen-bond donors (Lipinski definition) is 2. The summed E-state index contributed by atoms with van der Waals surface area (Å²) in [7, 11) is -1.74.